The molecule has 0 saturated carbocycles. The Hall–Kier alpha value is -1.02. The van der Waals surface area contributed by atoms with E-state index in [1.54, 1.807) is 0 Å². The van der Waals surface area contributed by atoms with Crippen LogP contribution in [0.5, 0.6) is 0 Å². The van der Waals surface area contributed by atoms with Gasteiger partial charge in [0.2, 0.25) is 0 Å². The topological polar surface area (TPSA) is 29.3 Å². The van der Waals surface area contributed by atoms with Crippen LogP contribution in [0.1, 0.15) is 43.9 Å². The fourth-order valence-electron chi connectivity index (χ4n) is 3.57. The van der Waals surface area contributed by atoms with Gasteiger partial charge in [0.1, 0.15) is 0 Å². The molecule has 1 aliphatic carbocycles. The second-order valence-corrected chi connectivity index (χ2v) is 6.25. The van der Waals surface area contributed by atoms with Gasteiger partial charge in [0.15, 0.2) is 0 Å². The van der Waals surface area contributed by atoms with Gasteiger partial charge in [0.25, 0.3) is 0 Å². The van der Waals surface area contributed by atoms with E-state index in [4.69, 9.17) is 5.73 Å². The molecule has 0 radical (unpaired) electrons. The minimum atomic E-state index is 0.649. The Balaban J connectivity index is 1.80. The number of anilines is 1. The van der Waals surface area contributed by atoms with Crippen LogP contribution in [0.3, 0.4) is 0 Å². The standard InChI is InChI=1S/C16H24N2/c1-11-7-8-18(10-12(11)2)16-6-3-13-9-14(17)4-5-15(13)16/h4-5,9,11-12,16H,3,6-8,10,17H2,1-2H3. The van der Waals surface area contributed by atoms with Gasteiger partial charge in [-0.15, -0.1) is 0 Å². The van der Waals surface area contributed by atoms with Gasteiger partial charge >= 0.3 is 0 Å². The second-order valence-electron chi connectivity index (χ2n) is 6.25. The Morgan fingerprint density at radius 1 is 1.17 bits per heavy atom. The molecule has 1 aliphatic heterocycles. The van der Waals surface area contributed by atoms with E-state index in [-0.39, 0.29) is 0 Å². The molecule has 2 N–H and O–H groups in total. The molecule has 1 fully saturated rings. The summed E-state index contributed by atoms with van der Waals surface area (Å²) in [5.74, 6) is 1.71. The lowest BCUT2D eigenvalue weighted by molar-refractivity contribution is 0.0955. The van der Waals surface area contributed by atoms with Gasteiger partial charge in [-0.05, 0) is 60.9 Å². The monoisotopic (exact) mass is 244 g/mol. The highest BCUT2D eigenvalue weighted by Gasteiger charge is 2.32. The van der Waals surface area contributed by atoms with Crippen molar-refractivity contribution in [2.24, 2.45) is 11.8 Å². The SMILES string of the molecule is CC1CCN(C2CCc3cc(N)ccc32)CC1C. The maximum Gasteiger partial charge on any atom is 0.0354 e. The zero-order valence-corrected chi connectivity index (χ0v) is 11.5. The second kappa shape index (κ2) is 4.58. The van der Waals surface area contributed by atoms with Gasteiger partial charge in [0.05, 0.1) is 0 Å². The van der Waals surface area contributed by atoms with Crippen LogP contribution in [-0.2, 0) is 6.42 Å². The quantitative estimate of drug-likeness (QED) is 0.768. The molecular formula is C16H24N2. The molecule has 3 unspecified atom stereocenters. The molecule has 1 saturated heterocycles. The molecule has 18 heavy (non-hydrogen) atoms. The van der Waals surface area contributed by atoms with Crippen molar-refractivity contribution in [3.05, 3.63) is 29.3 Å². The number of hydrogen-bond donors (Lipinski definition) is 1. The number of likely N-dealkylation sites (tertiary alicyclic amines) is 1. The highest BCUT2D eigenvalue weighted by atomic mass is 15.2. The van der Waals surface area contributed by atoms with E-state index < -0.39 is 0 Å². The first-order valence-electron chi connectivity index (χ1n) is 7.27. The summed E-state index contributed by atoms with van der Waals surface area (Å²) in [5.41, 5.74) is 9.80. The van der Waals surface area contributed by atoms with Crippen molar-refractivity contribution < 1.29 is 0 Å². The number of aryl methyl sites for hydroxylation is 1. The average Bonchev–Trinajstić information content (AvgIpc) is 2.75. The van der Waals surface area contributed by atoms with Gasteiger partial charge in [0, 0.05) is 18.3 Å². The first kappa shape index (κ1) is 12.0. The number of fused-ring (bicyclic) bond motifs is 1. The summed E-state index contributed by atoms with van der Waals surface area (Å²) in [4.78, 5) is 2.70. The molecule has 3 atom stereocenters. The van der Waals surface area contributed by atoms with Crippen molar-refractivity contribution in [2.45, 2.75) is 39.2 Å². The molecule has 2 aliphatic rings. The third-order valence-electron chi connectivity index (χ3n) is 5.02. The minimum Gasteiger partial charge on any atom is -0.399 e. The van der Waals surface area contributed by atoms with Crippen molar-refractivity contribution in [2.75, 3.05) is 18.8 Å². The van der Waals surface area contributed by atoms with Gasteiger partial charge < -0.3 is 5.73 Å². The van der Waals surface area contributed by atoms with E-state index >= 15 is 0 Å². The maximum atomic E-state index is 5.88. The predicted octanol–water partition coefficient (Wildman–Crippen LogP) is 3.23. The molecule has 98 valence electrons. The molecule has 2 heteroatoms. The van der Waals surface area contributed by atoms with Crippen LogP contribution < -0.4 is 5.73 Å². The van der Waals surface area contributed by atoms with E-state index in [1.165, 1.54) is 43.5 Å². The van der Waals surface area contributed by atoms with Crippen LogP contribution in [0.4, 0.5) is 5.69 Å². The highest BCUT2D eigenvalue weighted by Crippen LogP contribution is 2.39. The van der Waals surface area contributed by atoms with Crippen LogP contribution in [0, 0.1) is 11.8 Å². The molecule has 0 aromatic heterocycles. The lowest BCUT2D eigenvalue weighted by atomic mass is 9.87. The summed E-state index contributed by atoms with van der Waals surface area (Å²) in [7, 11) is 0. The molecule has 0 spiro atoms. The normalized spacial score (nSPS) is 32.4. The molecule has 0 amide bonds. The number of nitrogens with two attached hydrogens (primary N) is 1. The Kier molecular flexibility index (Phi) is 3.06. The van der Waals surface area contributed by atoms with Gasteiger partial charge in [-0.3, -0.25) is 4.90 Å². The van der Waals surface area contributed by atoms with E-state index in [0.717, 1.165) is 17.5 Å². The van der Waals surface area contributed by atoms with Crippen molar-refractivity contribution in [1.29, 1.82) is 0 Å². The lowest BCUT2D eigenvalue weighted by Gasteiger charge is -2.39. The molecule has 2 nitrogen and oxygen atoms in total. The van der Waals surface area contributed by atoms with Gasteiger partial charge in [-0.25, -0.2) is 0 Å². The van der Waals surface area contributed by atoms with E-state index in [1.807, 2.05) is 0 Å². The number of nitrogen functional groups attached to an aromatic ring is 1. The maximum absolute atomic E-state index is 5.88. The van der Waals surface area contributed by atoms with E-state index in [2.05, 4.69) is 36.9 Å². The Labute approximate surface area is 110 Å². The molecular weight excluding hydrogens is 220 g/mol. The van der Waals surface area contributed by atoms with Gasteiger partial charge in [-0.2, -0.15) is 0 Å². The largest absolute Gasteiger partial charge is 0.399 e. The number of piperidine rings is 1. The molecule has 1 aromatic carbocycles. The smallest absolute Gasteiger partial charge is 0.0354 e. The zero-order valence-electron chi connectivity index (χ0n) is 11.5. The fraction of sp³-hybridized carbons (Fsp3) is 0.625. The van der Waals surface area contributed by atoms with E-state index in [0.29, 0.717) is 6.04 Å². The van der Waals surface area contributed by atoms with Crippen molar-refractivity contribution >= 4 is 5.69 Å². The average molecular weight is 244 g/mol. The van der Waals surface area contributed by atoms with Crippen LogP contribution in [-0.4, -0.2) is 18.0 Å². The van der Waals surface area contributed by atoms with Crippen molar-refractivity contribution in [1.82, 2.24) is 4.90 Å². The molecule has 1 aromatic rings. The summed E-state index contributed by atoms with van der Waals surface area (Å²) in [6.07, 6.45) is 3.83. The van der Waals surface area contributed by atoms with Crippen LogP contribution in [0.2, 0.25) is 0 Å². The molecule has 1 heterocycles. The predicted molar refractivity (Wildman–Crippen MR) is 76.4 cm³/mol. The summed E-state index contributed by atoms with van der Waals surface area (Å²) < 4.78 is 0. The summed E-state index contributed by atoms with van der Waals surface area (Å²) in [6, 6.07) is 7.14. The number of rotatable bonds is 1. The first-order valence-corrected chi connectivity index (χ1v) is 7.27. The van der Waals surface area contributed by atoms with E-state index in [9.17, 15) is 0 Å². The third-order valence-corrected chi connectivity index (χ3v) is 5.02. The Morgan fingerprint density at radius 2 is 2.00 bits per heavy atom. The van der Waals surface area contributed by atoms with Crippen molar-refractivity contribution in [3.8, 4) is 0 Å². The Morgan fingerprint density at radius 3 is 2.78 bits per heavy atom. The summed E-state index contributed by atoms with van der Waals surface area (Å²) >= 11 is 0. The highest BCUT2D eigenvalue weighted by molar-refractivity contribution is 5.47. The molecule has 0 bridgehead atoms. The summed E-state index contributed by atoms with van der Waals surface area (Å²) in [5, 5.41) is 0. The number of hydrogen-bond acceptors (Lipinski definition) is 2. The lowest BCUT2D eigenvalue weighted by Crippen LogP contribution is -2.40. The number of nitrogens with zero attached hydrogens (tertiary/aromatic N) is 1. The zero-order chi connectivity index (χ0) is 12.7. The van der Waals surface area contributed by atoms with Gasteiger partial charge in [-0.1, -0.05) is 19.9 Å². The first-order chi connectivity index (χ1) is 8.65. The molecule has 3 rings (SSSR count). The third kappa shape index (κ3) is 2.03. The van der Waals surface area contributed by atoms with Crippen LogP contribution in [0.25, 0.3) is 0 Å². The number of benzene rings is 1. The van der Waals surface area contributed by atoms with Crippen LogP contribution in [0.15, 0.2) is 18.2 Å². The summed E-state index contributed by atoms with van der Waals surface area (Å²) in [6.45, 7) is 7.32. The van der Waals surface area contributed by atoms with Crippen molar-refractivity contribution in [3.63, 3.8) is 0 Å². The van der Waals surface area contributed by atoms with Crippen LogP contribution >= 0.6 is 0 Å². The fourth-order valence-corrected chi connectivity index (χ4v) is 3.57. The minimum absolute atomic E-state index is 0.649. The Bertz CT molecular complexity index is 441.